The molecule has 8 heteroatoms. The normalized spacial score (nSPS) is 20.9. The van der Waals surface area contributed by atoms with Gasteiger partial charge in [0.25, 0.3) is 0 Å². The minimum atomic E-state index is -3.57. The van der Waals surface area contributed by atoms with Gasteiger partial charge in [-0.3, -0.25) is 4.79 Å². The number of benzene rings is 1. The molecule has 1 aliphatic rings. The molecule has 1 amide bonds. The third-order valence-corrected chi connectivity index (χ3v) is 6.40. The van der Waals surface area contributed by atoms with Crippen LogP contribution in [0, 0.1) is 0 Å². The van der Waals surface area contributed by atoms with Gasteiger partial charge >= 0.3 is 0 Å². The van der Waals surface area contributed by atoms with Crippen molar-refractivity contribution in [2.75, 3.05) is 26.2 Å². The van der Waals surface area contributed by atoms with E-state index in [2.05, 4.69) is 32.9 Å². The zero-order valence-electron chi connectivity index (χ0n) is 13.8. The lowest BCUT2D eigenvalue weighted by atomic mass is 10.2. The second-order valence-corrected chi connectivity index (χ2v) is 8.69. The highest BCUT2D eigenvalue weighted by atomic mass is 79.9. The maximum Gasteiger partial charge on any atom is 0.240 e. The van der Waals surface area contributed by atoms with Gasteiger partial charge in [0, 0.05) is 30.3 Å². The molecule has 0 bridgehead atoms. The van der Waals surface area contributed by atoms with E-state index in [1.54, 1.807) is 12.1 Å². The number of likely N-dealkylation sites (tertiary alicyclic amines) is 1. The van der Waals surface area contributed by atoms with Crippen LogP contribution < -0.4 is 14.9 Å². The first-order valence-electron chi connectivity index (χ1n) is 8.29. The summed E-state index contributed by atoms with van der Waals surface area (Å²) in [6.45, 7) is 5.17. The second kappa shape index (κ2) is 8.94. The molecule has 1 aromatic carbocycles. The van der Waals surface area contributed by atoms with Gasteiger partial charge in [0.1, 0.15) is 6.04 Å². The number of sulfonamides is 1. The van der Waals surface area contributed by atoms with Gasteiger partial charge in [0.05, 0.1) is 24.5 Å². The highest BCUT2D eigenvalue weighted by Gasteiger charge is 2.27. The Labute approximate surface area is 152 Å². The lowest BCUT2D eigenvalue weighted by Gasteiger charge is -2.20. The molecule has 0 spiro atoms. The molecule has 3 N–H and O–H groups in total. The average molecular weight is 419 g/mol. The van der Waals surface area contributed by atoms with Crippen molar-refractivity contribution in [1.82, 2.24) is 10.0 Å². The van der Waals surface area contributed by atoms with E-state index in [1.165, 1.54) is 30.0 Å². The molecular weight excluding hydrogens is 394 g/mol. The van der Waals surface area contributed by atoms with Crippen molar-refractivity contribution in [1.29, 1.82) is 0 Å². The van der Waals surface area contributed by atoms with Gasteiger partial charge in [-0.1, -0.05) is 15.9 Å². The molecule has 0 aromatic heterocycles. The minimum Gasteiger partial charge on any atom is -0.350 e. The molecule has 1 aromatic rings. The number of carbonyl (C=O) groups is 1. The third-order valence-electron chi connectivity index (χ3n) is 4.40. The third kappa shape index (κ3) is 5.54. The van der Waals surface area contributed by atoms with Crippen molar-refractivity contribution in [2.45, 2.75) is 37.1 Å². The van der Waals surface area contributed by atoms with Gasteiger partial charge < -0.3 is 10.2 Å². The van der Waals surface area contributed by atoms with E-state index in [9.17, 15) is 13.2 Å². The number of hydrogen-bond acceptors (Lipinski definition) is 3. The SMILES string of the molecule is CC[NH+]1CCC[C@@H]1CNC(=O)CCNS(=O)(=O)c1ccc(Br)cc1. The lowest BCUT2D eigenvalue weighted by molar-refractivity contribution is -0.909. The molecule has 2 rings (SSSR count). The molecular formula is C16H25BrN3O3S+. The predicted molar refractivity (Wildman–Crippen MR) is 96.3 cm³/mol. The van der Waals surface area contributed by atoms with Gasteiger partial charge in [-0.2, -0.15) is 0 Å². The Morgan fingerprint density at radius 2 is 2.04 bits per heavy atom. The van der Waals surface area contributed by atoms with Crippen molar-refractivity contribution in [3.8, 4) is 0 Å². The summed E-state index contributed by atoms with van der Waals surface area (Å²) in [5.41, 5.74) is 0. The molecule has 0 saturated carbocycles. The Balaban J connectivity index is 1.73. The Bertz CT molecular complexity index is 649. The quantitative estimate of drug-likeness (QED) is 0.567. The monoisotopic (exact) mass is 418 g/mol. The topological polar surface area (TPSA) is 79.7 Å². The van der Waals surface area contributed by atoms with Gasteiger partial charge in [-0.25, -0.2) is 13.1 Å². The smallest absolute Gasteiger partial charge is 0.240 e. The molecule has 24 heavy (non-hydrogen) atoms. The molecule has 1 unspecified atom stereocenters. The number of halogens is 1. The van der Waals surface area contributed by atoms with Crippen molar-refractivity contribution in [2.24, 2.45) is 0 Å². The average Bonchev–Trinajstić information content (AvgIpc) is 3.00. The fourth-order valence-electron chi connectivity index (χ4n) is 3.02. The fourth-order valence-corrected chi connectivity index (χ4v) is 4.31. The van der Waals surface area contributed by atoms with Gasteiger partial charge in [0.2, 0.25) is 15.9 Å². The number of rotatable bonds is 8. The summed E-state index contributed by atoms with van der Waals surface area (Å²) in [5.74, 6) is -0.115. The van der Waals surface area contributed by atoms with Crippen LogP contribution in [-0.4, -0.2) is 46.5 Å². The van der Waals surface area contributed by atoms with E-state index >= 15 is 0 Å². The molecule has 1 fully saturated rings. The first-order chi connectivity index (χ1) is 11.4. The van der Waals surface area contributed by atoms with Crippen molar-refractivity contribution >= 4 is 31.9 Å². The molecule has 1 saturated heterocycles. The van der Waals surface area contributed by atoms with Crippen LogP contribution in [0.15, 0.2) is 33.6 Å². The molecule has 0 radical (unpaired) electrons. The van der Waals surface area contributed by atoms with E-state index in [4.69, 9.17) is 0 Å². The maximum absolute atomic E-state index is 12.1. The first kappa shape index (κ1) is 19.4. The van der Waals surface area contributed by atoms with Crippen LogP contribution in [0.1, 0.15) is 26.2 Å². The summed E-state index contributed by atoms with van der Waals surface area (Å²) in [7, 11) is -3.57. The summed E-state index contributed by atoms with van der Waals surface area (Å²) < 4.78 is 27.5. The summed E-state index contributed by atoms with van der Waals surface area (Å²) in [6.07, 6.45) is 2.49. The van der Waals surface area contributed by atoms with E-state index < -0.39 is 10.0 Å². The largest absolute Gasteiger partial charge is 0.350 e. The van der Waals surface area contributed by atoms with E-state index in [-0.39, 0.29) is 23.8 Å². The van der Waals surface area contributed by atoms with Crippen LogP contribution >= 0.6 is 15.9 Å². The fraction of sp³-hybridized carbons (Fsp3) is 0.562. The highest BCUT2D eigenvalue weighted by molar-refractivity contribution is 9.10. The van der Waals surface area contributed by atoms with Crippen LogP contribution in [0.3, 0.4) is 0 Å². The Morgan fingerprint density at radius 3 is 2.71 bits per heavy atom. The van der Waals surface area contributed by atoms with Crippen LogP contribution in [0.4, 0.5) is 0 Å². The molecule has 1 aliphatic heterocycles. The minimum absolute atomic E-state index is 0.0965. The Hall–Kier alpha value is -0.960. The van der Waals surface area contributed by atoms with Crippen LogP contribution in [0.25, 0.3) is 0 Å². The number of nitrogens with one attached hydrogen (secondary N) is 3. The van der Waals surface area contributed by atoms with Gasteiger partial charge in [0.15, 0.2) is 0 Å². The molecule has 0 aliphatic carbocycles. The number of carbonyl (C=O) groups excluding carboxylic acids is 1. The van der Waals surface area contributed by atoms with E-state index in [0.717, 1.165) is 17.4 Å². The number of quaternary nitrogens is 1. The van der Waals surface area contributed by atoms with Crippen LogP contribution in [0.2, 0.25) is 0 Å². The second-order valence-electron chi connectivity index (χ2n) is 6.01. The van der Waals surface area contributed by atoms with Crippen molar-refractivity contribution in [3.05, 3.63) is 28.7 Å². The number of likely N-dealkylation sites (N-methyl/N-ethyl adjacent to an activating group) is 1. The first-order valence-corrected chi connectivity index (χ1v) is 10.6. The van der Waals surface area contributed by atoms with Crippen LogP contribution in [-0.2, 0) is 14.8 Å². The zero-order valence-corrected chi connectivity index (χ0v) is 16.2. The summed E-state index contributed by atoms with van der Waals surface area (Å²) in [5, 5.41) is 2.92. The molecule has 6 nitrogen and oxygen atoms in total. The lowest BCUT2D eigenvalue weighted by Crippen LogP contribution is -3.14. The zero-order chi connectivity index (χ0) is 17.6. The van der Waals surface area contributed by atoms with E-state index in [1.807, 2.05) is 0 Å². The Morgan fingerprint density at radius 1 is 1.33 bits per heavy atom. The summed E-state index contributed by atoms with van der Waals surface area (Å²) in [6, 6.07) is 6.87. The molecule has 1 heterocycles. The maximum atomic E-state index is 12.1. The van der Waals surface area contributed by atoms with Crippen LogP contribution in [0.5, 0.6) is 0 Å². The summed E-state index contributed by atoms with van der Waals surface area (Å²) in [4.78, 5) is 13.6. The number of amides is 1. The highest BCUT2D eigenvalue weighted by Crippen LogP contribution is 2.14. The standard InChI is InChI=1S/C16H24BrN3O3S/c1-2-20-11-3-4-14(20)12-18-16(21)9-10-19-24(22,23)15-7-5-13(17)6-8-15/h5-8,14,19H,2-4,9-12H2,1H3,(H,18,21)/p+1/t14-/m1/s1. The van der Waals surface area contributed by atoms with E-state index in [0.29, 0.717) is 12.6 Å². The van der Waals surface area contributed by atoms with Crippen molar-refractivity contribution < 1.29 is 18.1 Å². The number of hydrogen-bond donors (Lipinski definition) is 3. The molecule has 134 valence electrons. The van der Waals surface area contributed by atoms with Gasteiger partial charge in [-0.15, -0.1) is 0 Å². The van der Waals surface area contributed by atoms with Crippen molar-refractivity contribution in [3.63, 3.8) is 0 Å². The van der Waals surface area contributed by atoms with Gasteiger partial charge in [-0.05, 0) is 31.2 Å². The Kier molecular flexibility index (Phi) is 7.21. The molecule has 2 atom stereocenters. The summed E-state index contributed by atoms with van der Waals surface area (Å²) >= 11 is 3.27. The predicted octanol–water partition coefficient (Wildman–Crippen LogP) is 0.301.